The predicted octanol–water partition coefficient (Wildman–Crippen LogP) is -1.17. The van der Waals surface area contributed by atoms with Gasteiger partial charge in [0.1, 0.15) is 0 Å². The van der Waals surface area contributed by atoms with E-state index in [2.05, 4.69) is 0 Å². The lowest BCUT2D eigenvalue weighted by Crippen LogP contribution is -2.17. The lowest BCUT2D eigenvalue weighted by atomic mass is 10.3. The summed E-state index contributed by atoms with van der Waals surface area (Å²) in [7, 11) is 0. The molecule has 1 saturated carbocycles. The molecule has 3 nitrogen and oxygen atoms in total. The third-order valence-corrected chi connectivity index (χ3v) is 1.53. The third-order valence-electron chi connectivity index (χ3n) is 1.53. The van der Waals surface area contributed by atoms with Gasteiger partial charge in [-0.05, 0) is 12.8 Å². The van der Waals surface area contributed by atoms with Crippen LogP contribution in [0.2, 0.25) is 0 Å². The average Bonchev–Trinajstić information content (AvgIpc) is 1.85. The van der Waals surface area contributed by atoms with Crippen LogP contribution in [0, 0.1) is 0 Å². The molecule has 0 unspecified atom stereocenters. The first kappa shape index (κ1) is 6.01. The van der Waals surface area contributed by atoms with Gasteiger partial charge in [-0.1, -0.05) is 0 Å². The van der Waals surface area contributed by atoms with Crippen molar-refractivity contribution in [3.63, 3.8) is 0 Å². The molecule has 0 spiro atoms. The lowest BCUT2D eigenvalue weighted by molar-refractivity contribution is 0.0438. The normalized spacial score (nSPS) is 40.9. The molecule has 0 bridgehead atoms. The van der Waals surface area contributed by atoms with E-state index in [1.807, 2.05) is 0 Å². The fraction of sp³-hybridized carbons (Fsp3) is 1.00. The molecule has 0 aromatic heterocycles. The van der Waals surface area contributed by atoms with Crippen molar-refractivity contribution in [2.75, 3.05) is 0 Å². The van der Waals surface area contributed by atoms with Crippen LogP contribution in [-0.2, 0) is 0 Å². The molecule has 48 valence electrons. The molecule has 4 N–H and O–H groups in total. The van der Waals surface area contributed by atoms with Crippen molar-refractivity contribution < 1.29 is 10.2 Å². The molecule has 0 heterocycles. The molecule has 2 atom stereocenters. The topological polar surface area (TPSA) is 66.5 Å². The van der Waals surface area contributed by atoms with Gasteiger partial charge in [-0.2, -0.15) is 0 Å². The smallest absolute Gasteiger partial charge is 0.0814 e. The van der Waals surface area contributed by atoms with Gasteiger partial charge in [0.25, 0.3) is 0 Å². The third kappa shape index (κ3) is 0.992. The number of rotatable bonds is 0. The van der Waals surface area contributed by atoms with Gasteiger partial charge < -0.3 is 15.9 Å². The largest absolute Gasteiger partial charge is 0.390 e. The standard InChI is InChI=1S/C5H11NO2/c6-3-1-4(7)5(8)2-3/h3-5,7-8H,1-2,6H2/t4-,5-/m0/s1. The summed E-state index contributed by atoms with van der Waals surface area (Å²) in [4.78, 5) is 0. The van der Waals surface area contributed by atoms with E-state index in [9.17, 15) is 0 Å². The highest BCUT2D eigenvalue weighted by atomic mass is 16.3. The molecule has 1 aliphatic rings. The summed E-state index contributed by atoms with van der Waals surface area (Å²) < 4.78 is 0. The van der Waals surface area contributed by atoms with Gasteiger partial charge in [-0.3, -0.25) is 0 Å². The Morgan fingerprint density at radius 3 is 1.62 bits per heavy atom. The second kappa shape index (κ2) is 2.01. The number of hydrogen-bond acceptors (Lipinski definition) is 3. The van der Waals surface area contributed by atoms with Gasteiger partial charge in [0.05, 0.1) is 12.2 Å². The summed E-state index contributed by atoms with van der Waals surface area (Å²) in [5.41, 5.74) is 5.40. The zero-order valence-electron chi connectivity index (χ0n) is 4.62. The molecule has 0 amide bonds. The Morgan fingerprint density at radius 1 is 1.12 bits per heavy atom. The lowest BCUT2D eigenvalue weighted by Gasteiger charge is -2.02. The predicted molar refractivity (Wildman–Crippen MR) is 29.2 cm³/mol. The van der Waals surface area contributed by atoms with Crippen molar-refractivity contribution in [2.24, 2.45) is 5.73 Å². The molecule has 1 aliphatic carbocycles. The van der Waals surface area contributed by atoms with Crippen molar-refractivity contribution in [1.82, 2.24) is 0 Å². The van der Waals surface area contributed by atoms with Crippen LogP contribution in [0.15, 0.2) is 0 Å². The van der Waals surface area contributed by atoms with Crippen molar-refractivity contribution in [3.8, 4) is 0 Å². The van der Waals surface area contributed by atoms with E-state index in [1.165, 1.54) is 0 Å². The van der Waals surface area contributed by atoms with Crippen molar-refractivity contribution >= 4 is 0 Å². The van der Waals surface area contributed by atoms with Crippen LogP contribution in [0.25, 0.3) is 0 Å². The first-order chi connectivity index (χ1) is 3.70. The quantitative estimate of drug-likeness (QED) is 0.374. The van der Waals surface area contributed by atoms with Gasteiger partial charge in [-0.25, -0.2) is 0 Å². The second-order valence-electron chi connectivity index (χ2n) is 2.37. The second-order valence-corrected chi connectivity index (χ2v) is 2.37. The highest BCUT2D eigenvalue weighted by molar-refractivity contribution is 4.84. The van der Waals surface area contributed by atoms with Crippen molar-refractivity contribution in [1.29, 1.82) is 0 Å². The summed E-state index contributed by atoms with van der Waals surface area (Å²) in [6.45, 7) is 0. The maximum atomic E-state index is 8.84. The minimum absolute atomic E-state index is 0.000000000000000444. The van der Waals surface area contributed by atoms with Crippen LogP contribution < -0.4 is 5.73 Å². The molecule has 0 radical (unpaired) electrons. The number of aliphatic hydroxyl groups excluding tert-OH is 2. The van der Waals surface area contributed by atoms with E-state index in [-0.39, 0.29) is 6.04 Å². The molecule has 8 heavy (non-hydrogen) atoms. The van der Waals surface area contributed by atoms with Crippen molar-refractivity contribution in [3.05, 3.63) is 0 Å². The number of hydrogen-bond donors (Lipinski definition) is 3. The summed E-state index contributed by atoms with van der Waals surface area (Å²) in [5.74, 6) is 0. The minimum atomic E-state index is -0.579. The van der Waals surface area contributed by atoms with Gasteiger partial charge in [0.15, 0.2) is 0 Å². The molecular weight excluding hydrogens is 106 g/mol. The van der Waals surface area contributed by atoms with E-state index in [4.69, 9.17) is 15.9 Å². The SMILES string of the molecule is NC1C[C@H](O)[C@@H](O)C1. The Morgan fingerprint density at radius 2 is 1.50 bits per heavy atom. The zero-order valence-corrected chi connectivity index (χ0v) is 4.62. The van der Waals surface area contributed by atoms with Crippen LogP contribution >= 0.6 is 0 Å². The summed E-state index contributed by atoms with van der Waals surface area (Å²) in [6.07, 6.45) is -0.0718. The fourth-order valence-corrected chi connectivity index (χ4v) is 1.03. The Hall–Kier alpha value is -0.120. The zero-order chi connectivity index (χ0) is 6.15. The van der Waals surface area contributed by atoms with E-state index < -0.39 is 12.2 Å². The van der Waals surface area contributed by atoms with E-state index in [0.717, 1.165) is 0 Å². The molecule has 0 aromatic carbocycles. The van der Waals surface area contributed by atoms with Gasteiger partial charge in [0, 0.05) is 6.04 Å². The van der Waals surface area contributed by atoms with Crippen LogP contribution in [0.1, 0.15) is 12.8 Å². The number of nitrogens with two attached hydrogens (primary N) is 1. The highest BCUT2D eigenvalue weighted by Gasteiger charge is 2.28. The molecule has 1 fully saturated rings. The van der Waals surface area contributed by atoms with E-state index in [1.54, 1.807) is 0 Å². The van der Waals surface area contributed by atoms with E-state index in [0.29, 0.717) is 12.8 Å². The van der Waals surface area contributed by atoms with Gasteiger partial charge >= 0.3 is 0 Å². The van der Waals surface area contributed by atoms with Gasteiger partial charge in [0.2, 0.25) is 0 Å². The Bertz CT molecular complexity index is 76.5. The molecule has 0 saturated heterocycles. The Kier molecular flexibility index (Phi) is 1.51. The van der Waals surface area contributed by atoms with E-state index >= 15 is 0 Å². The summed E-state index contributed by atoms with van der Waals surface area (Å²) >= 11 is 0. The van der Waals surface area contributed by atoms with Crippen LogP contribution in [0.4, 0.5) is 0 Å². The molecule has 3 heteroatoms. The van der Waals surface area contributed by atoms with Crippen LogP contribution in [0.5, 0.6) is 0 Å². The van der Waals surface area contributed by atoms with Crippen LogP contribution in [-0.4, -0.2) is 28.5 Å². The summed E-state index contributed by atoms with van der Waals surface area (Å²) in [5, 5.41) is 17.7. The monoisotopic (exact) mass is 117 g/mol. The maximum absolute atomic E-state index is 8.84. The summed E-state index contributed by atoms with van der Waals surface area (Å²) in [6, 6.07) is -0.000000000000000444. The first-order valence-corrected chi connectivity index (χ1v) is 2.82. The van der Waals surface area contributed by atoms with Gasteiger partial charge in [-0.15, -0.1) is 0 Å². The fourth-order valence-electron chi connectivity index (χ4n) is 1.03. The molecule has 0 aliphatic heterocycles. The van der Waals surface area contributed by atoms with Crippen molar-refractivity contribution in [2.45, 2.75) is 31.1 Å². The first-order valence-electron chi connectivity index (χ1n) is 2.82. The molecule has 1 rings (SSSR count). The Balaban J connectivity index is 2.39. The van der Waals surface area contributed by atoms with Crippen LogP contribution in [0.3, 0.4) is 0 Å². The molecular formula is C5H11NO2. The number of aliphatic hydroxyl groups is 2. The average molecular weight is 117 g/mol. The maximum Gasteiger partial charge on any atom is 0.0814 e. The Labute approximate surface area is 48.1 Å². The highest BCUT2D eigenvalue weighted by Crippen LogP contribution is 2.17. The minimum Gasteiger partial charge on any atom is -0.390 e. The molecule has 0 aromatic rings.